The molecule has 0 nitrogen and oxygen atoms in total. The van der Waals surface area contributed by atoms with Crippen molar-refractivity contribution in [3.8, 4) is 0 Å². The van der Waals surface area contributed by atoms with E-state index < -0.39 is 17.0 Å². The monoisotopic (exact) mass is 350 g/mol. The van der Waals surface area contributed by atoms with E-state index in [0.717, 1.165) is 6.07 Å². The summed E-state index contributed by atoms with van der Waals surface area (Å²) in [4.78, 5) is 0. The lowest BCUT2D eigenvalue weighted by atomic mass is 10.0. The highest BCUT2D eigenvalue weighted by atomic mass is 79.9. The topological polar surface area (TPSA) is 0 Å². The Morgan fingerprint density at radius 2 is 1.78 bits per heavy atom. The van der Waals surface area contributed by atoms with Crippen LogP contribution in [0.1, 0.15) is 16.5 Å². The number of hydrogen-bond donors (Lipinski definition) is 0. The van der Waals surface area contributed by atoms with Crippen molar-refractivity contribution in [3.63, 3.8) is 0 Å². The zero-order valence-corrected chi connectivity index (χ0v) is 12.0. The van der Waals surface area contributed by atoms with Crippen LogP contribution in [0.25, 0.3) is 0 Å². The zero-order chi connectivity index (χ0) is 13.3. The molecule has 0 N–H and O–H groups in total. The second-order valence-corrected chi connectivity index (χ2v) is 5.40. The molecule has 0 aliphatic heterocycles. The number of hydrogen-bond acceptors (Lipinski definition) is 0. The minimum atomic E-state index is -0.695. The van der Waals surface area contributed by atoms with Gasteiger partial charge in [0, 0.05) is 16.1 Å². The quantitative estimate of drug-likeness (QED) is 0.608. The van der Waals surface area contributed by atoms with E-state index in [2.05, 4.69) is 15.9 Å². The Morgan fingerprint density at radius 1 is 1.06 bits per heavy atom. The molecule has 18 heavy (non-hydrogen) atoms. The van der Waals surface area contributed by atoms with Crippen LogP contribution in [-0.4, -0.2) is 0 Å². The highest BCUT2D eigenvalue weighted by Gasteiger charge is 2.16. The summed E-state index contributed by atoms with van der Waals surface area (Å²) < 4.78 is 27.1. The van der Waals surface area contributed by atoms with Crippen LogP contribution in [-0.2, 0) is 0 Å². The standard InChI is InChI=1S/C13H7BrCl2F2/c14-10-5-7(1-4-11(10)15)13(16)9-3-2-8(17)6-12(9)18/h1-6,13H. The molecular formula is C13H7BrCl2F2. The van der Waals surface area contributed by atoms with Gasteiger partial charge in [-0.3, -0.25) is 0 Å². The van der Waals surface area contributed by atoms with Gasteiger partial charge in [0.2, 0.25) is 0 Å². The molecule has 2 aromatic rings. The van der Waals surface area contributed by atoms with Gasteiger partial charge >= 0.3 is 0 Å². The van der Waals surface area contributed by atoms with Crippen LogP contribution < -0.4 is 0 Å². The maximum absolute atomic E-state index is 13.6. The van der Waals surface area contributed by atoms with E-state index >= 15 is 0 Å². The van der Waals surface area contributed by atoms with Crippen molar-refractivity contribution < 1.29 is 8.78 Å². The molecule has 94 valence electrons. The Morgan fingerprint density at radius 3 is 2.39 bits per heavy atom. The summed E-state index contributed by atoms with van der Waals surface area (Å²) in [5, 5.41) is -0.152. The molecule has 0 bridgehead atoms. The van der Waals surface area contributed by atoms with E-state index in [4.69, 9.17) is 23.2 Å². The van der Waals surface area contributed by atoms with Gasteiger partial charge in [0.25, 0.3) is 0 Å². The third kappa shape index (κ3) is 2.85. The SMILES string of the molecule is Fc1ccc(C(Cl)c2ccc(Cl)c(Br)c2)c(F)c1. The molecule has 0 heterocycles. The van der Waals surface area contributed by atoms with Crippen LogP contribution in [0, 0.1) is 11.6 Å². The van der Waals surface area contributed by atoms with Gasteiger partial charge in [-0.1, -0.05) is 23.7 Å². The summed E-state index contributed by atoms with van der Waals surface area (Å²) in [5.41, 5.74) is 0.908. The van der Waals surface area contributed by atoms with Crippen molar-refractivity contribution in [3.05, 3.63) is 68.7 Å². The molecule has 0 aromatic heterocycles. The molecular weight excluding hydrogens is 345 g/mol. The van der Waals surface area contributed by atoms with E-state index in [0.29, 0.717) is 15.1 Å². The predicted octanol–water partition coefficient (Wildman–Crippen LogP) is 5.71. The number of halogens is 5. The van der Waals surface area contributed by atoms with Gasteiger partial charge in [0.1, 0.15) is 11.6 Å². The van der Waals surface area contributed by atoms with Crippen molar-refractivity contribution in [2.45, 2.75) is 5.38 Å². The molecule has 5 heteroatoms. The fraction of sp³-hybridized carbons (Fsp3) is 0.0769. The van der Waals surface area contributed by atoms with Gasteiger partial charge in [-0.25, -0.2) is 8.78 Å². The molecule has 0 amide bonds. The summed E-state index contributed by atoms with van der Waals surface area (Å²) in [6.07, 6.45) is 0. The summed E-state index contributed by atoms with van der Waals surface area (Å²) >= 11 is 15.3. The van der Waals surface area contributed by atoms with Crippen molar-refractivity contribution in [2.24, 2.45) is 0 Å². The average Bonchev–Trinajstić information content (AvgIpc) is 2.32. The Hall–Kier alpha value is -0.640. The summed E-state index contributed by atoms with van der Waals surface area (Å²) in [7, 11) is 0. The lowest BCUT2D eigenvalue weighted by Gasteiger charge is -2.12. The third-order valence-corrected chi connectivity index (χ3v) is 4.17. The minimum Gasteiger partial charge on any atom is -0.207 e. The maximum atomic E-state index is 13.6. The normalized spacial score (nSPS) is 12.5. The molecule has 0 fully saturated rings. The van der Waals surface area contributed by atoms with Crippen LogP contribution in [0.2, 0.25) is 5.02 Å². The molecule has 2 rings (SSSR count). The molecule has 0 saturated heterocycles. The molecule has 1 unspecified atom stereocenters. The molecule has 2 aromatic carbocycles. The number of benzene rings is 2. The smallest absolute Gasteiger partial charge is 0.131 e. The fourth-order valence-electron chi connectivity index (χ4n) is 1.56. The van der Waals surface area contributed by atoms with Gasteiger partial charge in [-0.05, 0) is 39.7 Å². The Bertz CT molecular complexity index is 587. The first-order valence-corrected chi connectivity index (χ1v) is 6.63. The largest absolute Gasteiger partial charge is 0.207 e. The van der Waals surface area contributed by atoms with E-state index in [1.165, 1.54) is 12.1 Å². The van der Waals surface area contributed by atoms with Crippen molar-refractivity contribution in [1.82, 2.24) is 0 Å². The maximum Gasteiger partial charge on any atom is 0.131 e. The summed E-state index contributed by atoms with van der Waals surface area (Å²) in [6, 6.07) is 8.41. The molecule has 1 atom stereocenters. The van der Waals surface area contributed by atoms with Crippen molar-refractivity contribution in [1.29, 1.82) is 0 Å². The van der Waals surface area contributed by atoms with Gasteiger partial charge in [0.15, 0.2) is 0 Å². The first-order chi connectivity index (χ1) is 8.49. The number of rotatable bonds is 2. The lowest BCUT2D eigenvalue weighted by Crippen LogP contribution is -1.98. The zero-order valence-electron chi connectivity index (χ0n) is 8.93. The van der Waals surface area contributed by atoms with Gasteiger partial charge in [-0.2, -0.15) is 0 Å². The molecule has 0 aliphatic carbocycles. The van der Waals surface area contributed by atoms with Crippen molar-refractivity contribution >= 4 is 39.1 Å². The van der Waals surface area contributed by atoms with Crippen LogP contribution >= 0.6 is 39.1 Å². The highest BCUT2D eigenvalue weighted by molar-refractivity contribution is 9.10. The average molecular weight is 352 g/mol. The van der Waals surface area contributed by atoms with E-state index in [-0.39, 0.29) is 5.56 Å². The van der Waals surface area contributed by atoms with E-state index in [1.807, 2.05) is 0 Å². The summed E-state index contributed by atoms with van der Waals surface area (Å²) in [5.74, 6) is -1.29. The van der Waals surface area contributed by atoms with Crippen LogP contribution in [0.3, 0.4) is 0 Å². The van der Waals surface area contributed by atoms with Gasteiger partial charge < -0.3 is 0 Å². The Balaban J connectivity index is 2.41. The molecule has 0 aliphatic rings. The predicted molar refractivity (Wildman–Crippen MR) is 73.2 cm³/mol. The second-order valence-electron chi connectivity index (χ2n) is 3.70. The first kappa shape index (κ1) is 13.8. The van der Waals surface area contributed by atoms with E-state index in [9.17, 15) is 8.78 Å². The van der Waals surface area contributed by atoms with Gasteiger partial charge in [-0.15, -0.1) is 11.6 Å². The fourth-order valence-corrected chi connectivity index (χ4v) is 2.38. The van der Waals surface area contributed by atoms with Crippen LogP contribution in [0.4, 0.5) is 8.78 Å². The minimum absolute atomic E-state index is 0.229. The number of alkyl halides is 1. The second kappa shape index (κ2) is 5.55. The lowest BCUT2D eigenvalue weighted by molar-refractivity contribution is 0.573. The van der Waals surface area contributed by atoms with E-state index in [1.54, 1.807) is 18.2 Å². The Kier molecular flexibility index (Phi) is 4.25. The van der Waals surface area contributed by atoms with Crippen LogP contribution in [0.5, 0.6) is 0 Å². The Labute approximate surface area is 122 Å². The highest BCUT2D eigenvalue weighted by Crippen LogP contribution is 2.34. The third-order valence-electron chi connectivity index (χ3n) is 2.47. The van der Waals surface area contributed by atoms with Gasteiger partial charge in [0.05, 0.1) is 10.4 Å². The van der Waals surface area contributed by atoms with Crippen LogP contribution in [0.15, 0.2) is 40.9 Å². The molecule has 0 saturated carbocycles. The van der Waals surface area contributed by atoms with Crippen molar-refractivity contribution in [2.75, 3.05) is 0 Å². The summed E-state index contributed by atoms with van der Waals surface area (Å²) in [6.45, 7) is 0. The first-order valence-electron chi connectivity index (χ1n) is 5.03. The molecule has 0 radical (unpaired) electrons. The molecule has 0 spiro atoms.